The summed E-state index contributed by atoms with van der Waals surface area (Å²) < 4.78 is 18.6. The van der Waals surface area contributed by atoms with Crippen LogP contribution < -0.4 is 9.64 Å². The van der Waals surface area contributed by atoms with Crippen molar-refractivity contribution in [3.8, 4) is 6.01 Å². The molecule has 0 bridgehead atoms. The van der Waals surface area contributed by atoms with Gasteiger partial charge in [0.05, 0.1) is 12.0 Å². The molecule has 0 atom stereocenters. The molecule has 8 nitrogen and oxygen atoms in total. The molecule has 0 aliphatic heterocycles. The Morgan fingerprint density at radius 1 is 1.43 bits per heavy atom. The summed E-state index contributed by atoms with van der Waals surface area (Å²) in [5.41, 5.74) is -0.180. The lowest BCUT2D eigenvalue weighted by molar-refractivity contribution is -0.183. The third-order valence-electron chi connectivity index (χ3n) is 2.61. The molecule has 2 heterocycles. The van der Waals surface area contributed by atoms with Gasteiger partial charge in [0.25, 0.3) is 0 Å². The van der Waals surface area contributed by atoms with E-state index in [0.717, 1.165) is 0 Å². The number of likely N-dealkylation sites (N-methyl/N-ethyl adjacent to an activating group) is 1. The minimum atomic E-state index is -2.15. The van der Waals surface area contributed by atoms with Gasteiger partial charge in [-0.1, -0.05) is 11.6 Å². The first-order valence-electron chi connectivity index (χ1n) is 5.80. The molecule has 0 unspecified atom stereocenters. The van der Waals surface area contributed by atoms with Crippen LogP contribution in [0.15, 0.2) is 6.20 Å². The van der Waals surface area contributed by atoms with Gasteiger partial charge in [0, 0.05) is 19.8 Å². The highest BCUT2D eigenvalue weighted by Gasteiger charge is 2.18. The zero-order valence-corrected chi connectivity index (χ0v) is 11.6. The topological polar surface area (TPSA) is 112 Å². The van der Waals surface area contributed by atoms with Crippen LogP contribution in [0.1, 0.15) is 0 Å². The van der Waals surface area contributed by atoms with Crippen LogP contribution in [0.3, 0.4) is 0 Å². The Balaban J connectivity index is 2.66. The fourth-order valence-electron chi connectivity index (χ4n) is 1.69. The minimum Gasteiger partial charge on any atom is -0.408 e. The molecule has 10 heteroatoms. The van der Waals surface area contributed by atoms with Gasteiger partial charge in [-0.15, -0.1) is 0 Å². The van der Waals surface area contributed by atoms with Crippen LogP contribution in [-0.2, 0) is 0 Å². The van der Waals surface area contributed by atoms with Gasteiger partial charge in [-0.25, -0.2) is 9.37 Å². The van der Waals surface area contributed by atoms with Crippen molar-refractivity contribution < 1.29 is 24.4 Å². The van der Waals surface area contributed by atoms with Crippen molar-refractivity contribution in [3.63, 3.8) is 0 Å². The number of aliphatic hydroxyl groups is 3. The lowest BCUT2D eigenvalue weighted by atomic mass is 10.2. The number of halogens is 2. The molecular weight excluding hydrogens is 307 g/mol. The van der Waals surface area contributed by atoms with E-state index in [1.54, 1.807) is 7.05 Å². The smallest absolute Gasteiger partial charge is 0.323 e. The van der Waals surface area contributed by atoms with E-state index in [9.17, 15) is 4.39 Å². The Morgan fingerprint density at radius 3 is 2.76 bits per heavy atom. The van der Waals surface area contributed by atoms with Gasteiger partial charge in [0.15, 0.2) is 11.0 Å². The largest absolute Gasteiger partial charge is 0.408 e. The average Bonchev–Trinajstić information content (AvgIpc) is 2.42. The highest BCUT2D eigenvalue weighted by atomic mass is 35.5. The molecule has 0 aromatic carbocycles. The summed E-state index contributed by atoms with van der Waals surface area (Å²) in [5, 5.41) is 26.4. The lowest BCUT2D eigenvalue weighted by Crippen LogP contribution is -2.24. The quantitative estimate of drug-likeness (QED) is 0.517. The first kappa shape index (κ1) is 15.6. The molecule has 0 spiro atoms. The Morgan fingerprint density at radius 2 is 2.14 bits per heavy atom. The second kappa shape index (κ2) is 6.31. The zero-order valence-electron chi connectivity index (χ0n) is 10.9. The molecule has 114 valence electrons. The van der Waals surface area contributed by atoms with Crippen LogP contribution in [0.25, 0.3) is 10.9 Å². The molecule has 3 N–H and O–H groups in total. The molecule has 2 rings (SSSR count). The maximum atomic E-state index is 14.0. The Kier molecular flexibility index (Phi) is 4.68. The fourth-order valence-corrected chi connectivity index (χ4v) is 1.83. The molecule has 0 radical (unpaired) electrons. The number of nitrogens with zero attached hydrogens (tertiary/aromatic N) is 4. The van der Waals surface area contributed by atoms with Crippen molar-refractivity contribution in [1.82, 2.24) is 15.0 Å². The summed E-state index contributed by atoms with van der Waals surface area (Å²) in [6.07, 6.45) is 1.28. The highest BCUT2D eigenvalue weighted by Crippen LogP contribution is 2.29. The van der Waals surface area contributed by atoms with E-state index in [1.807, 2.05) is 0 Å². The summed E-state index contributed by atoms with van der Waals surface area (Å²) in [6, 6.07) is -0.446. The van der Waals surface area contributed by atoms with Crippen molar-refractivity contribution in [3.05, 3.63) is 17.2 Å². The van der Waals surface area contributed by atoms with E-state index in [-0.39, 0.29) is 35.0 Å². The molecule has 0 saturated heterocycles. The van der Waals surface area contributed by atoms with E-state index in [2.05, 4.69) is 19.7 Å². The second-order valence-electron chi connectivity index (χ2n) is 4.04. The summed E-state index contributed by atoms with van der Waals surface area (Å²) >= 11 is 5.60. The number of ether oxygens (including phenoxy) is 1. The predicted molar refractivity (Wildman–Crippen MR) is 71.5 cm³/mol. The van der Waals surface area contributed by atoms with Gasteiger partial charge in [-0.3, -0.25) is 0 Å². The van der Waals surface area contributed by atoms with Crippen molar-refractivity contribution in [2.24, 2.45) is 0 Å². The number of hydrogen-bond donors (Lipinski definition) is 3. The van der Waals surface area contributed by atoms with Gasteiger partial charge >= 0.3 is 12.5 Å². The fraction of sp³-hybridized carbons (Fsp3) is 0.364. The van der Waals surface area contributed by atoms with Gasteiger partial charge in [-0.2, -0.15) is 9.97 Å². The molecule has 2 aromatic rings. The number of rotatable bonds is 5. The molecular formula is C11H12ClFN4O4. The minimum absolute atomic E-state index is 0.162. The number of anilines is 1. The number of fused-ring (bicyclic) bond motifs is 1. The van der Waals surface area contributed by atoms with Crippen molar-refractivity contribution in [2.75, 3.05) is 25.1 Å². The molecule has 0 fully saturated rings. The van der Waals surface area contributed by atoms with Crippen LogP contribution in [0, 0.1) is 5.82 Å². The third-order valence-corrected chi connectivity index (χ3v) is 2.87. The van der Waals surface area contributed by atoms with Crippen molar-refractivity contribution in [1.29, 1.82) is 0 Å². The summed E-state index contributed by atoms with van der Waals surface area (Å²) in [7, 11) is 1.60. The molecule has 0 amide bonds. The SMILES string of the molecule is CN(CCO)c1nc(OC(O)O)nc2c(F)c(Cl)ncc12. The average molecular weight is 319 g/mol. The van der Waals surface area contributed by atoms with Crippen LogP contribution >= 0.6 is 11.6 Å². The monoisotopic (exact) mass is 318 g/mol. The molecule has 2 aromatic heterocycles. The van der Waals surface area contributed by atoms with Crippen LogP contribution in [0.5, 0.6) is 6.01 Å². The third kappa shape index (κ3) is 3.27. The Bertz CT molecular complexity index is 658. The standard InChI is InChI=1S/C11H12ClFN4O4/c1-17(2-3-18)9-5-4-14-8(12)6(13)7(5)15-10(16-9)21-11(19)20/h4,11,18-20H,2-3H2,1H3. The van der Waals surface area contributed by atoms with E-state index in [1.165, 1.54) is 11.1 Å². The van der Waals surface area contributed by atoms with Gasteiger partial charge in [0.2, 0.25) is 0 Å². The maximum absolute atomic E-state index is 14.0. The number of aliphatic hydroxyl groups excluding tert-OH is 2. The van der Waals surface area contributed by atoms with E-state index < -0.39 is 18.3 Å². The molecule has 0 saturated carbocycles. The highest BCUT2D eigenvalue weighted by molar-refractivity contribution is 6.30. The molecule has 0 aliphatic carbocycles. The number of pyridine rings is 1. The maximum Gasteiger partial charge on any atom is 0.323 e. The second-order valence-corrected chi connectivity index (χ2v) is 4.40. The van der Waals surface area contributed by atoms with E-state index in [0.29, 0.717) is 0 Å². The first-order chi connectivity index (χ1) is 9.93. The predicted octanol–water partition coefficient (Wildman–Crippen LogP) is -0.107. The van der Waals surface area contributed by atoms with Crippen LogP contribution in [-0.4, -0.2) is 56.9 Å². The van der Waals surface area contributed by atoms with Crippen molar-refractivity contribution in [2.45, 2.75) is 6.48 Å². The molecule has 0 aliphatic rings. The lowest BCUT2D eigenvalue weighted by Gasteiger charge is -2.19. The van der Waals surface area contributed by atoms with Crippen LogP contribution in [0.2, 0.25) is 5.15 Å². The normalized spacial score (nSPS) is 11.2. The van der Waals surface area contributed by atoms with Gasteiger partial charge in [0.1, 0.15) is 11.3 Å². The first-order valence-corrected chi connectivity index (χ1v) is 6.18. The number of aromatic nitrogens is 3. The summed E-state index contributed by atoms with van der Waals surface area (Å²) in [4.78, 5) is 12.9. The Labute approximate surface area is 123 Å². The van der Waals surface area contributed by atoms with Crippen LogP contribution in [0.4, 0.5) is 10.2 Å². The number of hydrogen-bond acceptors (Lipinski definition) is 8. The van der Waals surface area contributed by atoms with Crippen molar-refractivity contribution >= 4 is 28.3 Å². The Hall–Kier alpha value is -1.81. The van der Waals surface area contributed by atoms with E-state index in [4.69, 9.17) is 26.9 Å². The summed E-state index contributed by atoms with van der Waals surface area (Å²) in [5.74, 6) is -0.680. The summed E-state index contributed by atoms with van der Waals surface area (Å²) in [6.45, 7) is -2.11. The molecule has 21 heavy (non-hydrogen) atoms. The zero-order chi connectivity index (χ0) is 15.6. The van der Waals surface area contributed by atoms with Gasteiger partial charge in [-0.05, 0) is 0 Å². The van der Waals surface area contributed by atoms with E-state index >= 15 is 0 Å². The van der Waals surface area contributed by atoms with Gasteiger partial charge < -0.3 is 25.0 Å².